The lowest BCUT2D eigenvalue weighted by Crippen LogP contribution is -2.29. The van der Waals surface area contributed by atoms with Crippen LogP contribution in [0, 0.1) is 0 Å². The molecule has 1 aliphatic heterocycles. The van der Waals surface area contributed by atoms with Crippen LogP contribution in [-0.2, 0) is 25.5 Å². The van der Waals surface area contributed by atoms with Gasteiger partial charge >= 0.3 is 5.97 Å². The van der Waals surface area contributed by atoms with Gasteiger partial charge in [-0.15, -0.1) is 11.3 Å². The lowest BCUT2D eigenvalue weighted by Gasteiger charge is -2.08. The Kier molecular flexibility index (Phi) is 3.52. The molecule has 1 aromatic heterocycles. The minimum atomic E-state index is -0.419. The zero-order valence-corrected chi connectivity index (χ0v) is 10.4. The van der Waals surface area contributed by atoms with Gasteiger partial charge in [0.05, 0.1) is 18.7 Å². The fourth-order valence-corrected chi connectivity index (χ4v) is 2.26. The minimum absolute atomic E-state index is 0.0357. The molecule has 2 amide bonds. The molecule has 1 aliphatic rings. The summed E-state index contributed by atoms with van der Waals surface area (Å²) in [5.74, 6) is -1.22. The second kappa shape index (κ2) is 5.09. The lowest BCUT2D eigenvalue weighted by molar-refractivity contribution is -0.142. The SMILES string of the molecule is CCOC(=O)Cc1csc(N2C(=O)C=CC2=O)n1. The molecule has 2 rings (SSSR count). The maximum Gasteiger partial charge on any atom is 0.311 e. The van der Waals surface area contributed by atoms with Crippen LogP contribution in [-0.4, -0.2) is 29.4 Å². The van der Waals surface area contributed by atoms with Crippen molar-refractivity contribution in [1.82, 2.24) is 4.98 Å². The van der Waals surface area contributed by atoms with Gasteiger partial charge in [-0.2, -0.15) is 0 Å². The Bertz CT molecular complexity index is 517. The second-order valence-corrected chi connectivity index (χ2v) is 4.28. The Morgan fingerprint density at radius 1 is 1.39 bits per heavy atom. The normalized spacial score (nSPS) is 14.4. The molecule has 6 nitrogen and oxygen atoms in total. The molecule has 0 fully saturated rings. The number of hydrogen-bond donors (Lipinski definition) is 0. The molecule has 7 heteroatoms. The number of aromatic nitrogens is 1. The predicted molar refractivity (Wildman–Crippen MR) is 64.1 cm³/mol. The summed E-state index contributed by atoms with van der Waals surface area (Å²) in [5, 5.41) is 1.90. The van der Waals surface area contributed by atoms with Crippen molar-refractivity contribution in [2.75, 3.05) is 11.5 Å². The molecule has 0 aliphatic carbocycles. The number of hydrogen-bond acceptors (Lipinski definition) is 6. The van der Waals surface area contributed by atoms with Gasteiger partial charge in [0.15, 0.2) is 5.13 Å². The first-order valence-corrected chi connectivity index (χ1v) is 6.16. The van der Waals surface area contributed by atoms with E-state index < -0.39 is 11.8 Å². The van der Waals surface area contributed by atoms with E-state index in [0.29, 0.717) is 12.3 Å². The van der Waals surface area contributed by atoms with Crippen LogP contribution < -0.4 is 4.90 Å². The molecule has 0 aromatic carbocycles. The molecule has 1 aromatic rings. The molecule has 18 heavy (non-hydrogen) atoms. The Morgan fingerprint density at radius 2 is 2.06 bits per heavy atom. The van der Waals surface area contributed by atoms with Gasteiger partial charge in [-0.05, 0) is 6.92 Å². The van der Waals surface area contributed by atoms with Crippen LogP contribution in [0.4, 0.5) is 5.13 Å². The molecule has 94 valence electrons. The number of ether oxygens (including phenoxy) is 1. The third kappa shape index (κ3) is 2.45. The van der Waals surface area contributed by atoms with E-state index in [2.05, 4.69) is 4.98 Å². The minimum Gasteiger partial charge on any atom is -0.466 e. The highest BCUT2D eigenvalue weighted by molar-refractivity contribution is 7.14. The quantitative estimate of drug-likeness (QED) is 0.591. The lowest BCUT2D eigenvalue weighted by atomic mass is 10.3. The second-order valence-electron chi connectivity index (χ2n) is 3.45. The van der Waals surface area contributed by atoms with E-state index in [-0.39, 0.29) is 17.5 Å². The van der Waals surface area contributed by atoms with Gasteiger partial charge in [-0.3, -0.25) is 14.4 Å². The van der Waals surface area contributed by atoms with Crippen LogP contribution in [0.15, 0.2) is 17.5 Å². The zero-order chi connectivity index (χ0) is 13.1. The van der Waals surface area contributed by atoms with Crippen molar-refractivity contribution in [2.24, 2.45) is 0 Å². The van der Waals surface area contributed by atoms with Crippen molar-refractivity contribution < 1.29 is 19.1 Å². The van der Waals surface area contributed by atoms with E-state index in [9.17, 15) is 14.4 Å². The predicted octanol–water partition coefficient (Wildman–Crippen LogP) is 0.678. The number of anilines is 1. The molecule has 0 saturated heterocycles. The first-order valence-electron chi connectivity index (χ1n) is 5.28. The molecule has 0 spiro atoms. The first-order chi connectivity index (χ1) is 8.61. The van der Waals surface area contributed by atoms with Gasteiger partial charge in [0.2, 0.25) is 0 Å². The summed E-state index contributed by atoms with van der Waals surface area (Å²) < 4.78 is 4.79. The van der Waals surface area contributed by atoms with Gasteiger partial charge in [0, 0.05) is 17.5 Å². The maximum absolute atomic E-state index is 11.4. The van der Waals surface area contributed by atoms with Gasteiger partial charge < -0.3 is 4.74 Å². The molecule has 0 bridgehead atoms. The van der Waals surface area contributed by atoms with Crippen molar-refractivity contribution in [3.63, 3.8) is 0 Å². The third-order valence-electron chi connectivity index (χ3n) is 2.17. The van der Waals surface area contributed by atoms with E-state index in [1.807, 2.05) is 0 Å². The molecule has 0 radical (unpaired) electrons. The van der Waals surface area contributed by atoms with Crippen LogP contribution in [0.3, 0.4) is 0 Å². The van der Waals surface area contributed by atoms with Crippen molar-refractivity contribution in [1.29, 1.82) is 0 Å². The monoisotopic (exact) mass is 266 g/mol. The number of amides is 2. The van der Waals surface area contributed by atoms with Gasteiger partial charge in [0.25, 0.3) is 11.8 Å². The van der Waals surface area contributed by atoms with E-state index in [1.54, 1.807) is 12.3 Å². The fraction of sp³-hybridized carbons (Fsp3) is 0.273. The maximum atomic E-state index is 11.4. The van der Waals surface area contributed by atoms with E-state index in [4.69, 9.17) is 4.74 Å². The number of nitrogens with zero attached hydrogens (tertiary/aromatic N) is 2. The highest BCUT2D eigenvalue weighted by Gasteiger charge is 2.27. The molecule has 0 N–H and O–H groups in total. The summed E-state index contributed by atoms with van der Waals surface area (Å²) in [7, 11) is 0. The summed E-state index contributed by atoms with van der Waals surface area (Å²) in [6.07, 6.45) is 2.41. The Hall–Kier alpha value is -2.02. The highest BCUT2D eigenvalue weighted by atomic mass is 32.1. The molecule has 0 unspecified atom stereocenters. The summed E-state index contributed by atoms with van der Waals surface area (Å²) >= 11 is 1.14. The van der Waals surface area contributed by atoms with Crippen molar-refractivity contribution in [3.05, 3.63) is 23.2 Å². The molecular weight excluding hydrogens is 256 g/mol. The number of imide groups is 1. The Balaban J connectivity index is 2.09. The fourth-order valence-electron chi connectivity index (χ4n) is 1.43. The summed E-state index contributed by atoms with van der Waals surface area (Å²) in [4.78, 5) is 39.1. The first kappa shape index (κ1) is 12.4. The van der Waals surface area contributed by atoms with Crippen molar-refractivity contribution in [3.8, 4) is 0 Å². The van der Waals surface area contributed by atoms with Crippen LogP contribution in [0.1, 0.15) is 12.6 Å². The van der Waals surface area contributed by atoms with Gasteiger partial charge in [-0.1, -0.05) is 0 Å². The van der Waals surface area contributed by atoms with E-state index in [1.165, 1.54) is 12.2 Å². The van der Waals surface area contributed by atoms with Crippen LogP contribution >= 0.6 is 11.3 Å². The van der Waals surface area contributed by atoms with E-state index in [0.717, 1.165) is 16.2 Å². The van der Waals surface area contributed by atoms with Gasteiger partial charge in [-0.25, -0.2) is 9.88 Å². The average Bonchev–Trinajstić information content (AvgIpc) is 2.87. The standard InChI is InChI=1S/C11H10N2O4S/c1-2-17-10(16)5-7-6-18-11(12-7)13-8(14)3-4-9(13)15/h3-4,6H,2,5H2,1H3. The number of esters is 1. The van der Waals surface area contributed by atoms with Crippen LogP contribution in [0.5, 0.6) is 0 Å². The van der Waals surface area contributed by atoms with Crippen molar-refractivity contribution in [2.45, 2.75) is 13.3 Å². The summed E-state index contributed by atoms with van der Waals surface area (Å²) in [6, 6.07) is 0. The smallest absolute Gasteiger partial charge is 0.311 e. The average molecular weight is 266 g/mol. The topological polar surface area (TPSA) is 76.6 Å². The summed E-state index contributed by atoms with van der Waals surface area (Å²) in [5.41, 5.74) is 0.487. The van der Waals surface area contributed by atoms with E-state index >= 15 is 0 Å². The third-order valence-corrected chi connectivity index (χ3v) is 3.05. The Labute approximate surface area is 107 Å². The molecule has 2 heterocycles. The van der Waals surface area contributed by atoms with Crippen LogP contribution in [0.2, 0.25) is 0 Å². The Morgan fingerprint density at radius 3 is 2.67 bits per heavy atom. The molecule has 0 atom stereocenters. The van der Waals surface area contributed by atoms with Gasteiger partial charge in [0.1, 0.15) is 0 Å². The summed E-state index contributed by atoms with van der Waals surface area (Å²) in [6.45, 7) is 2.03. The van der Waals surface area contributed by atoms with Crippen LogP contribution in [0.25, 0.3) is 0 Å². The highest BCUT2D eigenvalue weighted by Crippen LogP contribution is 2.23. The van der Waals surface area contributed by atoms with Crippen molar-refractivity contribution >= 4 is 34.3 Å². The molecular formula is C11H10N2O4S. The number of carbonyl (C=O) groups excluding carboxylic acids is 3. The zero-order valence-electron chi connectivity index (χ0n) is 9.58. The molecule has 0 saturated carbocycles. The number of rotatable bonds is 4. The number of carbonyl (C=O) groups is 3. The largest absolute Gasteiger partial charge is 0.466 e. The number of thiazole rings is 1.